The maximum absolute atomic E-state index is 12.6. The zero-order valence-corrected chi connectivity index (χ0v) is 17.5. The summed E-state index contributed by atoms with van der Waals surface area (Å²) < 4.78 is 16.4. The summed E-state index contributed by atoms with van der Waals surface area (Å²) in [5.74, 6) is 1.17. The second-order valence-corrected chi connectivity index (χ2v) is 6.98. The average molecular weight is 433 g/mol. The van der Waals surface area contributed by atoms with Crippen LogP contribution in [-0.4, -0.2) is 30.0 Å². The van der Waals surface area contributed by atoms with Crippen molar-refractivity contribution in [3.05, 3.63) is 75.8 Å². The van der Waals surface area contributed by atoms with Crippen molar-refractivity contribution >= 4 is 28.4 Å². The SMILES string of the molecule is COc1ccc(-c2nc3cc(NC(=O)c4ccc([N+](=O)[O-])c(C)c4)ccc3o2)cc1OC. The summed E-state index contributed by atoms with van der Waals surface area (Å²) >= 11 is 0. The molecule has 0 aliphatic rings. The third-order valence-electron chi connectivity index (χ3n) is 4.93. The molecule has 1 heterocycles. The van der Waals surface area contributed by atoms with Gasteiger partial charge in [0.2, 0.25) is 5.89 Å². The Morgan fingerprint density at radius 2 is 1.81 bits per heavy atom. The number of nitro groups is 1. The van der Waals surface area contributed by atoms with Crippen molar-refractivity contribution in [2.75, 3.05) is 19.5 Å². The van der Waals surface area contributed by atoms with Gasteiger partial charge in [0.05, 0.1) is 19.1 Å². The predicted octanol–water partition coefficient (Wildman–Crippen LogP) is 4.98. The number of nitrogens with zero attached hydrogens (tertiary/aromatic N) is 2. The molecule has 32 heavy (non-hydrogen) atoms. The van der Waals surface area contributed by atoms with Gasteiger partial charge in [-0.15, -0.1) is 0 Å². The quantitative estimate of drug-likeness (QED) is 0.337. The molecular formula is C23H19N3O6. The fraction of sp³-hybridized carbons (Fsp3) is 0.130. The number of hydrogen-bond acceptors (Lipinski definition) is 7. The van der Waals surface area contributed by atoms with Gasteiger partial charge in [0, 0.05) is 28.4 Å². The number of nitro benzene ring substituents is 1. The molecule has 0 atom stereocenters. The molecule has 4 rings (SSSR count). The minimum absolute atomic E-state index is 0.0340. The van der Waals surface area contributed by atoms with Crippen molar-refractivity contribution in [2.24, 2.45) is 0 Å². The Bertz CT molecular complexity index is 1350. The normalized spacial score (nSPS) is 10.7. The molecule has 0 bridgehead atoms. The van der Waals surface area contributed by atoms with Crippen LogP contribution in [0, 0.1) is 17.0 Å². The van der Waals surface area contributed by atoms with Crippen LogP contribution < -0.4 is 14.8 Å². The summed E-state index contributed by atoms with van der Waals surface area (Å²) in [4.78, 5) is 27.6. The van der Waals surface area contributed by atoms with E-state index in [9.17, 15) is 14.9 Å². The van der Waals surface area contributed by atoms with Crippen molar-refractivity contribution in [1.29, 1.82) is 0 Å². The molecular weight excluding hydrogens is 414 g/mol. The van der Waals surface area contributed by atoms with Crippen LogP contribution in [0.3, 0.4) is 0 Å². The van der Waals surface area contributed by atoms with Gasteiger partial charge in [-0.1, -0.05) is 0 Å². The Kier molecular flexibility index (Phi) is 5.46. The van der Waals surface area contributed by atoms with Gasteiger partial charge in [-0.25, -0.2) is 4.98 Å². The van der Waals surface area contributed by atoms with Gasteiger partial charge in [0.25, 0.3) is 11.6 Å². The number of hydrogen-bond donors (Lipinski definition) is 1. The Hall–Kier alpha value is -4.40. The lowest BCUT2D eigenvalue weighted by Crippen LogP contribution is -2.12. The number of amides is 1. The number of oxazole rings is 1. The summed E-state index contributed by atoms with van der Waals surface area (Å²) in [6.07, 6.45) is 0. The summed E-state index contributed by atoms with van der Waals surface area (Å²) in [5.41, 5.74) is 3.05. The Morgan fingerprint density at radius 1 is 1.03 bits per heavy atom. The highest BCUT2D eigenvalue weighted by molar-refractivity contribution is 6.05. The lowest BCUT2D eigenvalue weighted by Gasteiger charge is -2.07. The van der Waals surface area contributed by atoms with Crippen LogP contribution in [0.5, 0.6) is 11.5 Å². The molecule has 1 amide bonds. The van der Waals surface area contributed by atoms with Gasteiger partial charge < -0.3 is 19.2 Å². The Morgan fingerprint density at radius 3 is 2.50 bits per heavy atom. The number of anilines is 1. The summed E-state index contributed by atoms with van der Waals surface area (Å²) in [5, 5.41) is 13.7. The van der Waals surface area contributed by atoms with Crippen molar-refractivity contribution in [2.45, 2.75) is 6.92 Å². The molecule has 0 saturated carbocycles. The van der Waals surface area contributed by atoms with Crippen molar-refractivity contribution in [1.82, 2.24) is 4.98 Å². The number of ether oxygens (including phenoxy) is 2. The van der Waals surface area contributed by atoms with Crippen LogP contribution in [0.2, 0.25) is 0 Å². The number of carbonyl (C=O) groups is 1. The lowest BCUT2D eigenvalue weighted by molar-refractivity contribution is -0.385. The summed E-state index contributed by atoms with van der Waals surface area (Å²) in [6, 6.07) is 14.7. The third-order valence-corrected chi connectivity index (χ3v) is 4.93. The number of fused-ring (bicyclic) bond motifs is 1. The fourth-order valence-electron chi connectivity index (χ4n) is 3.30. The minimum Gasteiger partial charge on any atom is -0.493 e. The lowest BCUT2D eigenvalue weighted by atomic mass is 10.1. The van der Waals surface area contributed by atoms with Crippen LogP contribution in [-0.2, 0) is 0 Å². The molecule has 4 aromatic rings. The van der Waals surface area contributed by atoms with Crippen LogP contribution in [0.25, 0.3) is 22.6 Å². The maximum Gasteiger partial charge on any atom is 0.272 e. The number of aryl methyl sites for hydroxylation is 1. The molecule has 162 valence electrons. The average Bonchev–Trinajstić information content (AvgIpc) is 3.21. The molecule has 1 aromatic heterocycles. The molecule has 1 N–H and O–H groups in total. The van der Waals surface area contributed by atoms with E-state index in [0.717, 1.165) is 0 Å². The van der Waals surface area contributed by atoms with Gasteiger partial charge in [-0.3, -0.25) is 14.9 Å². The number of nitrogens with one attached hydrogen (secondary N) is 1. The topological polar surface area (TPSA) is 117 Å². The molecule has 0 unspecified atom stereocenters. The standard InChI is InChI=1S/C23H19N3O6/c1-13-10-14(4-7-18(13)26(28)29)22(27)24-16-6-9-19-17(12-16)25-23(32-19)15-5-8-20(30-2)21(11-15)31-3/h4-12H,1-3H3,(H,24,27). The summed E-state index contributed by atoms with van der Waals surface area (Å²) in [7, 11) is 3.11. The molecule has 0 fully saturated rings. The monoisotopic (exact) mass is 433 g/mol. The van der Waals surface area contributed by atoms with E-state index in [1.807, 2.05) is 6.07 Å². The molecule has 0 radical (unpaired) electrons. The second-order valence-electron chi connectivity index (χ2n) is 6.98. The smallest absolute Gasteiger partial charge is 0.272 e. The van der Waals surface area contributed by atoms with Crippen molar-refractivity contribution in [3.8, 4) is 23.0 Å². The first-order valence-electron chi connectivity index (χ1n) is 9.59. The number of aromatic nitrogens is 1. The van der Waals surface area contributed by atoms with Crippen LogP contribution >= 0.6 is 0 Å². The van der Waals surface area contributed by atoms with Gasteiger partial charge in [0.15, 0.2) is 17.1 Å². The van der Waals surface area contributed by atoms with E-state index in [0.29, 0.717) is 50.9 Å². The van der Waals surface area contributed by atoms with E-state index in [-0.39, 0.29) is 11.6 Å². The number of rotatable bonds is 6. The predicted molar refractivity (Wildman–Crippen MR) is 118 cm³/mol. The van der Waals surface area contributed by atoms with Gasteiger partial charge in [-0.2, -0.15) is 0 Å². The largest absolute Gasteiger partial charge is 0.493 e. The molecule has 0 aliphatic heterocycles. The number of benzene rings is 3. The first-order valence-corrected chi connectivity index (χ1v) is 9.59. The number of methoxy groups -OCH3 is 2. The van der Waals surface area contributed by atoms with Gasteiger partial charge >= 0.3 is 0 Å². The van der Waals surface area contributed by atoms with Crippen LogP contribution in [0.4, 0.5) is 11.4 Å². The van der Waals surface area contributed by atoms with Crippen LogP contribution in [0.1, 0.15) is 15.9 Å². The maximum atomic E-state index is 12.6. The molecule has 0 saturated heterocycles. The van der Waals surface area contributed by atoms with E-state index in [1.165, 1.54) is 18.2 Å². The highest BCUT2D eigenvalue weighted by Gasteiger charge is 2.16. The van der Waals surface area contributed by atoms with E-state index in [4.69, 9.17) is 13.9 Å². The zero-order chi connectivity index (χ0) is 22.8. The highest BCUT2D eigenvalue weighted by atomic mass is 16.6. The van der Waals surface area contributed by atoms with E-state index < -0.39 is 4.92 Å². The second kappa shape index (κ2) is 8.38. The summed E-state index contributed by atoms with van der Waals surface area (Å²) in [6.45, 7) is 1.59. The van der Waals surface area contributed by atoms with Gasteiger partial charge in [-0.05, 0) is 55.5 Å². The molecule has 9 heteroatoms. The Balaban J connectivity index is 1.59. The van der Waals surface area contributed by atoms with E-state index in [1.54, 1.807) is 51.5 Å². The number of carbonyl (C=O) groups excluding carboxylic acids is 1. The molecule has 0 aliphatic carbocycles. The first-order chi connectivity index (χ1) is 15.4. The molecule has 3 aromatic carbocycles. The van der Waals surface area contributed by atoms with Crippen molar-refractivity contribution in [3.63, 3.8) is 0 Å². The highest BCUT2D eigenvalue weighted by Crippen LogP contribution is 2.33. The van der Waals surface area contributed by atoms with Gasteiger partial charge in [0.1, 0.15) is 5.52 Å². The van der Waals surface area contributed by atoms with E-state index >= 15 is 0 Å². The van der Waals surface area contributed by atoms with Crippen LogP contribution in [0.15, 0.2) is 59.0 Å². The van der Waals surface area contributed by atoms with Crippen molar-refractivity contribution < 1.29 is 23.6 Å². The zero-order valence-electron chi connectivity index (χ0n) is 17.5. The fourth-order valence-corrected chi connectivity index (χ4v) is 3.30. The van der Waals surface area contributed by atoms with E-state index in [2.05, 4.69) is 10.3 Å². The minimum atomic E-state index is -0.481. The Labute approximate surface area is 182 Å². The first kappa shape index (κ1) is 20.9. The molecule has 0 spiro atoms. The molecule has 9 nitrogen and oxygen atoms in total. The third kappa shape index (κ3) is 3.95.